The predicted molar refractivity (Wildman–Crippen MR) is 73.5 cm³/mol. The van der Waals surface area contributed by atoms with Crippen molar-refractivity contribution in [3.05, 3.63) is 66.0 Å². The molecule has 1 amide bonds. The molecule has 1 fully saturated rings. The fourth-order valence-electron chi connectivity index (χ4n) is 2.87. The topological polar surface area (TPSA) is 42.0 Å². The van der Waals surface area contributed by atoms with Gasteiger partial charge in [-0.1, -0.05) is 43.3 Å². The molecule has 0 radical (unpaired) electrons. The lowest BCUT2D eigenvalue weighted by atomic mass is 9.74. The van der Waals surface area contributed by atoms with Crippen molar-refractivity contribution in [1.82, 2.24) is 10.3 Å². The molecule has 1 aromatic heterocycles. The summed E-state index contributed by atoms with van der Waals surface area (Å²) in [5, 5.41) is 3.09. The maximum absolute atomic E-state index is 11.9. The van der Waals surface area contributed by atoms with Gasteiger partial charge in [-0.2, -0.15) is 0 Å². The molecule has 2 atom stereocenters. The zero-order chi connectivity index (χ0) is 13.3. The van der Waals surface area contributed by atoms with Crippen molar-refractivity contribution in [2.24, 2.45) is 0 Å². The molecular formula is C16H16N2O. The van der Waals surface area contributed by atoms with Gasteiger partial charge in [0.05, 0.1) is 6.04 Å². The number of nitrogens with zero attached hydrogens (tertiary/aromatic N) is 1. The third kappa shape index (κ3) is 2.01. The smallest absolute Gasteiger partial charge is 0.221 e. The molecule has 3 rings (SSSR count). The van der Waals surface area contributed by atoms with E-state index < -0.39 is 0 Å². The second kappa shape index (κ2) is 4.50. The Kier molecular flexibility index (Phi) is 2.82. The molecule has 1 N–H and O–H groups in total. The minimum atomic E-state index is -0.243. The van der Waals surface area contributed by atoms with Crippen LogP contribution in [0.2, 0.25) is 0 Å². The average molecular weight is 252 g/mol. The summed E-state index contributed by atoms with van der Waals surface area (Å²) < 4.78 is 0. The molecule has 0 bridgehead atoms. The summed E-state index contributed by atoms with van der Waals surface area (Å²) in [4.78, 5) is 16.1. The van der Waals surface area contributed by atoms with Crippen LogP contribution in [-0.4, -0.2) is 10.9 Å². The van der Waals surface area contributed by atoms with Gasteiger partial charge in [0.25, 0.3) is 0 Å². The molecule has 2 aromatic rings. The quantitative estimate of drug-likeness (QED) is 0.892. The average Bonchev–Trinajstić information content (AvgIpc) is 2.77. The molecule has 0 saturated carbocycles. The number of benzene rings is 1. The number of pyridine rings is 1. The molecule has 3 nitrogen and oxygen atoms in total. The minimum absolute atomic E-state index is 0.00500. The molecule has 1 aliphatic heterocycles. The molecule has 2 unspecified atom stereocenters. The van der Waals surface area contributed by atoms with Gasteiger partial charge in [0.1, 0.15) is 0 Å². The number of hydrogen-bond donors (Lipinski definition) is 1. The van der Waals surface area contributed by atoms with Gasteiger partial charge in [-0.05, 0) is 17.2 Å². The van der Waals surface area contributed by atoms with Crippen LogP contribution in [0.1, 0.15) is 30.5 Å². The number of amides is 1. The number of hydrogen-bond acceptors (Lipinski definition) is 2. The Bertz CT molecular complexity index is 582. The van der Waals surface area contributed by atoms with Crippen molar-refractivity contribution >= 4 is 5.91 Å². The number of nitrogens with one attached hydrogen (secondary N) is 1. The molecule has 96 valence electrons. The van der Waals surface area contributed by atoms with Crippen LogP contribution in [0, 0.1) is 0 Å². The van der Waals surface area contributed by atoms with Crippen LogP contribution >= 0.6 is 0 Å². The molecule has 1 aliphatic rings. The maximum Gasteiger partial charge on any atom is 0.221 e. The Hall–Kier alpha value is -2.16. The third-order valence-corrected chi connectivity index (χ3v) is 3.92. The van der Waals surface area contributed by atoms with E-state index in [0.717, 1.165) is 11.1 Å². The molecule has 19 heavy (non-hydrogen) atoms. The summed E-state index contributed by atoms with van der Waals surface area (Å²) in [5.41, 5.74) is 1.99. The van der Waals surface area contributed by atoms with Crippen molar-refractivity contribution in [2.75, 3.05) is 0 Å². The molecule has 2 heterocycles. The third-order valence-electron chi connectivity index (χ3n) is 3.92. The van der Waals surface area contributed by atoms with Crippen LogP contribution in [-0.2, 0) is 10.2 Å². The first-order valence-electron chi connectivity index (χ1n) is 6.45. The van der Waals surface area contributed by atoms with Gasteiger partial charge in [0.15, 0.2) is 0 Å². The molecule has 1 aromatic carbocycles. The largest absolute Gasteiger partial charge is 0.348 e. The number of carbonyl (C=O) groups excluding carboxylic acids is 1. The summed E-state index contributed by atoms with van der Waals surface area (Å²) in [6, 6.07) is 14.1. The van der Waals surface area contributed by atoms with E-state index in [2.05, 4.69) is 29.4 Å². The van der Waals surface area contributed by atoms with Gasteiger partial charge in [0, 0.05) is 24.2 Å². The Balaban J connectivity index is 2.06. The summed E-state index contributed by atoms with van der Waals surface area (Å²) in [6.45, 7) is 2.12. The molecule has 0 aliphatic carbocycles. The molecule has 3 heteroatoms. The second-order valence-corrected chi connectivity index (χ2v) is 5.25. The summed E-state index contributed by atoms with van der Waals surface area (Å²) >= 11 is 0. The minimum Gasteiger partial charge on any atom is -0.348 e. The predicted octanol–water partition coefficient (Wildman–Crippen LogP) is 2.60. The highest BCUT2D eigenvalue weighted by Gasteiger charge is 2.45. The highest BCUT2D eigenvalue weighted by Crippen LogP contribution is 2.43. The van der Waals surface area contributed by atoms with E-state index >= 15 is 0 Å². The zero-order valence-corrected chi connectivity index (χ0v) is 10.8. The first kappa shape index (κ1) is 11.9. The normalized spacial score (nSPS) is 26.2. The van der Waals surface area contributed by atoms with Crippen LogP contribution in [0.5, 0.6) is 0 Å². The van der Waals surface area contributed by atoms with Gasteiger partial charge < -0.3 is 5.32 Å². The van der Waals surface area contributed by atoms with Gasteiger partial charge in [-0.15, -0.1) is 0 Å². The zero-order valence-electron chi connectivity index (χ0n) is 10.8. The fourth-order valence-corrected chi connectivity index (χ4v) is 2.87. The van der Waals surface area contributed by atoms with Crippen LogP contribution in [0.3, 0.4) is 0 Å². The molecule has 0 spiro atoms. The molecular weight excluding hydrogens is 236 g/mol. The lowest BCUT2D eigenvalue weighted by molar-refractivity contribution is -0.119. The van der Waals surface area contributed by atoms with Gasteiger partial charge in [-0.3, -0.25) is 9.78 Å². The number of rotatable bonds is 2. The Morgan fingerprint density at radius 3 is 2.68 bits per heavy atom. The summed E-state index contributed by atoms with van der Waals surface area (Å²) in [5.74, 6) is 0.0974. The van der Waals surface area contributed by atoms with Gasteiger partial charge in [0.2, 0.25) is 5.91 Å². The van der Waals surface area contributed by atoms with Crippen molar-refractivity contribution < 1.29 is 4.79 Å². The van der Waals surface area contributed by atoms with Crippen LogP contribution in [0.4, 0.5) is 0 Å². The Morgan fingerprint density at radius 2 is 2.00 bits per heavy atom. The first-order valence-corrected chi connectivity index (χ1v) is 6.45. The SMILES string of the molecule is CC1(c2cccnc2)CC(=O)NC1c1ccccc1. The van der Waals surface area contributed by atoms with Gasteiger partial charge >= 0.3 is 0 Å². The monoisotopic (exact) mass is 252 g/mol. The lowest BCUT2D eigenvalue weighted by Gasteiger charge is -2.30. The number of carbonyl (C=O) groups is 1. The van der Waals surface area contributed by atoms with E-state index in [4.69, 9.17) is 0 Å². The lowest BCUT2D eigenvalue weighted by Crippen LogP contribution is -2.30. The summed E-state index contributed by atoms with van der Waals surface area (Å²) in [6.07, 6.45) is 4.11. The van der Waals surface area contributed by atoms with Crippen LogP contribution in [0.15, 0.2) is 54.9 Å². The highest BCUT2D eigenvalue weighted by atomic mass is 16.2. The van der Waals surface area contributed by atoms with Crippen LogP contribution in [0.25, 0.3) is 0 Å². The Morgan fingerprint density at radius 1 is 1.21 bits per heavy atom. The van der Waals surface area contributed by atoms with Crippen molar-refractivity contribution in [2.45, 2.75) is 24.8 Å². The highest BCUT2D eigenvalue weighted by molar-refractivity contribution is 5.81. The van der Waals surface area contributed by atoms with E-state index in [9.17, 15) is 4.79 Å². The van der Waals surface area contributed by atoms with Gasteiger partial charge in [-0.25, -0.2) is 0 Å². The van der Waals surface area contributed by atoms with Crippen molar-refractivity contribution in [3.8, 4) is 0 Å². The van der Waals surface area contributed by atoms with E-state index in [1.165, 1.54) is 0 Å². The molecule has 1 saturated heterocycles. The Labute approximate surface area is 112 Å². The van der Waals surface area contributed by atoms with E-state index in [1.54, 1.807) is 6.20 Å². The fraction of sp³-hybridized carbons (Fsp3) is 0.250. The standard InChI is InChI=1S/C16H16N2O/c1-16(13-8-5-9-17-11-13)10-14(19)18-15(16)12-6-3-2-4-7-12/h2-9,11,15H,10H2,1H3,(H,18,19). The maximum atomic E-state index is 11.9. The van der Waals surface area contributed by atoms with Crippen molar-refractivity contribution in [3.63, 3.8) is 0 Å². The second-order valence-electron chi connectivity index (χ2n) is 5.25. The number of aromatic nitrogens is 1. The first-order chi connectivity index (χ1) is 9.20. The summed E-state index contributed by atoms with van der Waals surface area (Å²) in [7, 11) is 0. The van der Waals surface area contributed by atoms with Crippen molar-refractivity contribution in [1.29, 1.82) is 0 Å². The van der Waals surface area contributed by atoms with E-state index in [-0.39, 0.29) is 17.4 Å². The van der Waals surface area contributed by atoms with E-state index in [1.807, 2.05) is 36.5 Å². The van der Waals surface area contributed by atoms with E-state index in [0.29, 0.717) is 6.42 Å². The van der Waals surface area contributed by atoms with Crippen LogP contribution < -0.4 is 5.32 Å².